The maximum atomic E-state index is 12.6. The Kier molecular flexibility index (Phi) is 4.88. The fourth-order valence-electron chi connectivity index (χ4n) is 2.36. The molecule has 0 spiro atoms. The smallest absolute Gasteiger partial charge is 0.416 e. The molecule has 20 heavy (non-hydrogen) atoms. The minimum absolute atomic E-state index is 0.147. The average Bonchev–Trinajstić information content (AvgIpc) is 2.45. The van der Waals surface area contributed by atoms with Gasteiger partial charge in [0.1, 0.15) is 12.4 Å². The van der Waals surface area contributed by atoms with Crippen molar-refractivity contribution >= 4 is 0 Å². The van der Waals surface area contributed by atoms with E-state index in [1.807, 2.05) is 0 Å². The average molecular weight is 288 g/mol. The van der Waals surface area contributed by atoms with Crippen LogP contribution in [0.3, 0.4) is 0 Å². The number of nitrogens with two attached hydrogens (primary N) is 1. The molecule has 0 saturated carbocycles. The van der Waals surface area contributed by atoms with Crippen LogP contribution in [0, 0.1) is 5.92 Å². The van der Waals surface area contributed by atoms with Gasteiger partial charge in [-0.15, -0.1) is 0 Å². The first-order chi connectivity index (χ1) is 9.47. The van der Waals surface area contributed by atoms with Gasteiger partial charge in [-0.1, -0.05) is 6.07 Å². The molecule has 1 fully saturated rings. The van der Waals surface area contributed by atoms with Crippen LogP contribution in [-0.4, -0.2) is 25.7 Å². The van der Waals surface area contributed by atoms with Crippen LogP contribution in [0.25, 0.3) is 0 Å². The van der Waals surface area contributed by atoms with Gasteiger partial charge in [0.15, 0.2) is 0 Å². The van der Waals surface area contributed by atoms with Crippen molar-refractivity contribution in [1.29, 1.82) is 0 Å². The van der Waals surface area contributed by atoms with Gasteiger partial charge in [-0.3, -0.25) is 0 Å². The molecule has 1 aliphatic rings. The molecule has 112 valence electrons. The fourth-order valence-corrected chi connectivity index (χ4v) is 2.36. The number of alkyl halides is 3. The van der Waals surface area contributed by atoms with Gasteiger partial charge in [0, 0.05) is 6.04 Å². The summed E-state index contributed by atoms with van der Waals surface area (Å²) in [5.41, 5.74) is 5.34. The Labute approximate surface area is 116 Å². The van der Waals surface area contributed by atoms with Crippen LogP contribution in [0.15, 0.2) is 24.3 Å². The first-order valence-electron chi connectivity index (χ1n) is 6.73. The normalized spacial score (nSPS) is 18.8. The Morgan fingerprint density at radius 3 is 2.65 bits per heavy atom. The lowest BCUT2D eigenvalue weighted by molar-refractivity contribution is -0.137. The Bertz CT molecular complexity index is 431. The third-order valence-electron chi connectivity index (χ3n) is 3.59. The number of rotatable bonds is 4. The zero-order valence-corrected chi connectivity index (χ0v) is 11.1. The molecular formula is C14H19F3N2O. The van der Waals surface area contributed by atoms with Crippen molar-refractivity contribution in [2.75, 3.05) is 19.7 Å². The van der Waals surface area contributed by atoms with Gasteiger partial charge in [-0.25, -0.2) is 0 Å². The number of benzene rings is 1. The number of ether oxygens (including phenoxy) is 1. The predicted octanol–water partition coefficient (Wildman–Crippen LogP) is 2.41. The van der Waals surface area contributed by atoms with E-state index in [9.17, 15) is 13.2 Å². The molecule has 0 bridgehead atoms. The molecule has 1 aromatic carbocycles. The summed E-state index contributed by atoms with van der Waals surface area (Å²) in [5, 5.41) is 3.25. The fraction of sp³-hybridized carbons (Fsp3) is 0.571. The van der Waals surface area contributed by atoms with Crippen molar-refractivity contribution in [1.82, 2.24) is 5.32 Å². The van der Waals surface area contributed by atoms with Gasteiger partial charge in [-0.2, -0.15) is 13.2 Å². The number of hydrogen-bond donors (Lipinski definition) is 2. The van der Waals surface area contributed by atoms with E-state index in [1.54, 1.807) is 0 Å². The first-order valence-corrected chi connectivity index (χ1v) is 6.73. The molecule has 1 heterocycles. The SMILES string of the molecule is NC(COc1cccc(C(F)(F)F)c1)C1CCNCC1. The lowest BCUT2D eigenvalue weighted by atomic mass is 9.91. The summed E-state index contributed by atoms with van der Waals surface area (Å²) in [7, 11) is 0. The molecule has 3 nitrogen and oxygen atoms in total. The molecule has 6 heteroatoms. The van der Waals surface area contributed by atoms with E-state index in [0.717, 1.165) is 38.1 Å². The topological polar surface area (TPSA) is 47.3 Å². The van der Waals surface area contributed by atoms with E-state index >= 15 is 0 Å². The summed E-state index contributed by atoms with van der Waals surface area (Å²) in [6, 6.07) is 4.75. The third-order valence-corrected chi connectivity index (χ3v) is 3.59. The lowest BCUT2D eigenvalue weighted by Crippen LogP contribution is -2.41. The summed E-state index contributed by atoms with van der Waals surface area (Å²) in [5.74, 6) is 0.575. The van der Waals surface area contributed by atoms with Gasteiger partial charge in [0.2, 0.25) is 0 Å². The monoisotopic (exact) mass is 288 g/mol. The van der Waals surface area contributed by atoms with E-state index in [2.05, 4.69) is 5.32 Å². The summed E-state index contributed by atoms with van der Waals surface area (Å²) < 4.78 is 43.1. The maximum Gasteiger partial charge on any atom is 0.416 e. The highest BCUT2D eigenvalue weighted by atomic mass is 19.4. The zero-order valence-electron chi connectivity index (χ0n) is 11.1. The van der Waals surface area contributed by atoms with Crippen molar-refractivity contribution in [2.45, 2.75) is 25.1 Å². The Morgan fingerprint density at radius 2 is 2.00 bits per heavy atom. The van der Waals surface area contributed by atoms with Crippen LogP contribution in [0.4, 0.5) is 13.2 Å². The van der Waals surface area contributed by atoms with Crippen LogP contribution in [0.2, 0.25) is 0 Å². The largest absolute Gasteiger partial charge is 0.492 e. The second kappa shape index (κ2) is 6.45. The van der Waals surface area contributed by atoms with E-state index in [4.69, 9.17) is 10.5 Å². The predicted molar refractivity (Wildman–Crippen MR) is 70.5 cm³/mol. The molecule has 2 rings (SSSR count). The van der Waals surface area contributed by atoms with Crippen LogP contribution in [-0.2, 0) is 6.18 Å². The van der Waals surface area contributed by atoms with Gasteiger partial charge in [0.05, 0.1) is 5.56 Å². The highest BCUT2D eigenvalue weighted by molar-refractivity contribution is 5.30. The number of piperidine rings is 1. The summed E-state index contributed by atoms with van der Waals surface area (Å²) >= 11 is 0. The van der Waals surface area contributed by atoms with Crippen molar-refractivity contribution in [3.05, 3.63) is 29.8 Å². The molecule has 0 amide bonds. The van der Waals surface area contributed by atoms with Crippen molar-refractivity contribution in [3.8, 4) is 5.75 Å². The van der Waals surface area contributed by atoms with E-state index in [1.165, 1.54) is 12.1 Å². The summed E-state index contributed by atoms with van der Waals surface area (Å²) in [6.07, 6.45) is -2.39. The molecule has 1 aromatic rings. The lowest BCUT2D eigenvalue weighted by Gasteiger charge is -2.28. The minimum atomic E-state index is -4.35. The Morgan fingerprint density at radius 1 is 1.30 bits per heavy atom. The van der Waals surface area contributed by atoms with E-state index in [0.29, 0.717) is 5.92 Å². The van der Waals surface area contributed by atoms with E-state index in [-0.39, 0.29) is 18.4 Å². The maximum absolute atomic E-state index is 12.6. The number of halogens is 3. The standard InChI is InChI=1S/C14H19F3N2O/c15-14(16,17)11-2-1-3-12(8-11)20-9-13(18)10-4-6-19-7-5-10/h1-3,8,10,13,19H,4-7,9,18H2. The molecular weight excluding hydrogens is 269 g/mol. The van der Waals surface area contributed by atoms with Crippen LogP contribution in [0.5, 0.6) is 5.75 Å². The molecule has 1 aliphatic heterocycles. The Hall–Kier alpha value is -1.27. The Balaban J connectivity index is 1.90. The number of nitrogens with one attached hydrogen (secondary N) is 1. The number of hydrogen-bond acceptors (Lipinski definition) is 3. The van der Waals surface area contributed by atoms with E-state index < -0.39 is 11.7 Å². The van der Waals surface area contributed by atoms with Gasteiger partial charge in [-0.05, 0) is 50.0 Å². The first kappa shape index (κ1) is 15.1. The highest BCUT2D eigenvalue weighted by Crippen LogP contribution is 2.31. The summed E-state index contributed by atoms with van der Waals surface area (Å²) in [4.78, 5) is 0. The molecule has 0 radical (unpaired) electrons. The molecule has 1 unspecified atom stereocenters. The molecule has 0 aromatic heterocycles. The second-order valence-electron chi connectivity index (χ2n) is 5.09. The molecule has 0 aliphatic carbocycles. The molecule has 3 N–H and O–H groups in total. The quantitative estimate of drug-likeness (QED) is 0.894. The van der Waals surface area contributed by atoms with Crippen molar-refractivity contribution in [3.63, 3.8) is 0 Å². The minimum Gasteiger partial charge on any atom is -0.492 e. The van der Waals surface area contributed by atoms with Crippen molar-refractivity contribution in [2.24, 2.45) is 11.7 Å². The van der Waals surface area contributed by atoms with Gasteiger partial charge >= 0.3 is 6.18 Å². The highest BCUT2D eigenvalue weighted by Gasteiger charge is 2.30. The van der Waals surface area contributed by atoms with Gasteiger partial charge in [0.25, 0.3) is 0 Å². The molecule has 1 saturated heterocycles. The van der Waals surface area contributed by atoms with Crippen LogP contribution < -0.4 is 15.8 Å². The molecule has 1 atom stereocenters. The zero-order chi connectivity index (χ0) is 14.6. The van der Waals surface area contributed by atoms with Crippen LogP contribution >= 0.6 is 0 Å². The third kappa shape index (κ3) is 4.11. The second-order valence-corrected chi connectivity index (χ2v) is 5.09. The van der Waals surface area contributed by atoms with Crippen LogP contribution in [0.1, 0.15) is 18.4 Å². The van der Waals surface area contributed by atoms with Gasteiger partial charge < -0.3 is 15.8 Å². The summed E-state index contributed by atoms with van der Waals surface area (Å²) in [6.45, 7) is 2.11. The van der Waals surface area contributed by atoms with Crippen molar-refractivity contribution < 1.29 is 17.9 Å².